The number of methoxy groups -OCH3 is 1. The second-order valence-electron chi connectivity index (χ2n) is 4.10. The molecule has 1 aromatic carbocycles. The highest BCUT2D eigenvalue weighted by molar-refractivity contribution is 8.22. The smallest absolute Gasteiger partial charge is 0.136 e. The molecule has 1 saturated heterocycles. The Morgan fingerprint density at radius 1 is 1.41 bits per heavy atom. The van der Waals surface area contributed by atoms with E-state index >= 15 is 0 Å². The summed E-state index contributed by atoms with van der Waals surface area (Å²) in [5.74, 6) is 1.84. The lowest BCUT2D eigenvalue weighted by Gasteiger charge is -2.17. The SMILES string of the molecule is COc1cccc(CSC(=S)N2CCCC2)c1. The number of hydrogen-bond donors (Lipinski definition) is 0. The highest BCUT2D eigenvalue weighted by atomic mass is 32.2. The first-order valence-electron chi connectivity index (χ1n) is 5.84. The van der Waals surface area contributed by atoms with Crippen molar-refractivity contribution in [2.75, 3.05) is 20.2 Å². The molecule has 4 heteroatoms. The molecular weight excluding hydrogens is 250 g/mol. The van der Waals surface area contributed by atoms with E-state index in [-0.39, 0.29) is 0 Å². The number of ether oxygens (including phenoxy) is 1. The zero-order valence-corrected chi connectivity index (χ0v) is 11.6. The molecule has 0 unspecified atom stereocenters. The number of rotatable bonds is 3. The number of likely N-dealkylation sites (tertiary alicyclic amines) is 1. The Morgan fingerprint density at radius 2 is 2.18 bits per heavy atom. The molecule has 0 aromatic heterocycles. The van der Waals surface area contributed by atoms with Crippen LogP contribution in [0.2, 0.25) is 0 Å². The molecule has 1 fully saturated rings. The van der Waals surface area contributed by atoms with E-state index in [0.29, 0.717) is 0 Å². The Morgan fingerprint density at radius 3 is 2.88 bits per heavy atom. The Hall–Kier alpha value is -0.740. The summed E-state index contributed by atoms with van der Waals surface area (Å²) in [6, 6.07) is 8.17. The van der Waals surface area contributed by atoms with Crippen LogP contribution in [0.25, 0.3) is 0 Å². The molecule has 0 saturated carbocycles. The van der Waals surface area contributed by atoms with Gasteiger partial charge < -0.3 is 9.64 Å². The molecule has 0 radical (unpaired) electrons. The van der Waals surface area contributed by atoms with E-state index < -0.39 is 0 Å². The van der Waals surface area contributed by atoms with Crippen molar-refractivity contribution < 1.29 is 4.74 Å². The predicted octanol–water partition coefficient (Wildman–Crippen LogP) is 3.31. The third-order valence-corrected chi connectivity index (χ3v) is 4.46. The summed E-state index contributed by atoms with van der Waals surface area (Å²) in [4.78, 5) is 2.31. The third-order valence-electron chi connectivity index (χ3n) is 2.86. The number of thiocarbonyl (C=S) groups is 1. The monoisotopic (exact) mass is 267 g/mol. The van der Waals surface area contributed by atoms with Crippen molar-refractivity contribution in [3.8, 4) is 5.75 Å². The molecule has 92 valence electrons. The van der Waals surface area contributed by atoms with E-state index in [0.717, 1.165) is 28.9 Å². The van der Waals surface area contributed by atoms with E-state index in [1.165, 1.54) is 18.4 Å². The number of nitrogens with zero attached hydrogens (tertiary/aromatic N) is 1. The van der Waals surface area contributed by atoms with Crippen molar-refractivity contribution in [2.45, 2.75) is 18.6 Å². The lowest BCUT2D eigenvalue weighted by molar-refractivity contribution is 0.414. The zero-order chi connectivity index (χ0) is 12.1. The highest BCUT2D eigenvalue weighted by Crippen LogP contribution is 2.22. The van der Waals surface area contributed by atoms with Crippen LogP contribution in [0.4, 0.5) is 0 Å². The lowest BCUT2D eigenvalue weighted by Crippen LogP contribution is -2.23. The minimum Gasteiger partial charge on any atom is -0.497 e. The molecule has 1 heterocycles. The standard InChI is InChI=1S/C13H17NOS2/c1-15-12-6-4-5-11(9-12)10-17-13(16)14-7-2-3-8-14/h4-6,9H,2-3,7-8,10H2,1H3. The largest absolute Gasteiger partial charge is 0.497 e. The van der Waals surface area contributed by atoms with Gasteiger partial charge in [-0.3, -0.25) is 0 Å². The van der Waals surface area contributed by atoms with Gasteiger partial charge in [-0.05, 0) is 30.5 Å². The lowest BCUT2D eigenvalue weighted by atomic mass is 10.2. The Balaban J connectivity index is 1.86. The van der Waals surface area contributed by atoms with Crippen molar-refractivity contribution in [3.63, 3.8) is 0 Å². The zero-order valence-electron chi connectivity index (χ0n) is 10.0. The fraction of sp³-hybridized carbons (Fsp3) is 0.462. The molecule has 0 atom stereocenters. The van der Waals surface area contributed by atoms with Crippen LogP contribution in [-0.4, -0.2) is 29.4 Å². The second kappa shape index (κ2) is 6.26. The van der Waals surface area contributed by atoms with Crippen molar-refractivity contribution in [3.05, 3.63) is 29.8 Å². The van der Waals surface area contributed by atoms with Crippen LogP contribution in [0.15, 0.2) is 24.3 Å². The predicted molar refractivity (Wildman–Crippen MR) is 77.7 cm³/mol. The van der Waals surface area contributed by atoms with Gasteiger partial charge in [-0.25, -0.2) is 0 Å². The van der Waals surface area contributed by atoms with Gasteiger partial charge in [0.2, 0.25) is 0 Å². The van der Waals surface area contributed by atoms with Crippen molar-refractivity contribution in [2.24, 2.45) is 0 Å². The average molecular weight is 267 g/mol. The van der Waals surface area contributed by atoms with Crippen molar-refractivity contribution in [1.29, 1.82) is 0 Å². The van der Waals surface area contributed by atoms with Gasteiger partial charge in [-0.2, -0.15) is 0 Å². The summed E-state index contributed by atoms with van der Waals surface area (Å²) < 4.78 is 6.24. The molecule has 2 nitrogen and oxygen atoms in total. The number of hydrogen-bond acceptors (Lipinski definition) is 3. The maximum absolute atomic E-state index is 5.43. The average Bonchev–Trinajstić information content (AvgIpc) is 2.90. The summed E-state index contributed by atoms with van der Waals surface area (Å²) in [5.41, 5.74) is 1.26. The van der Waals surface area contributed by atoms with E-state index in [1.807, 2.05) is 12.1 Å². The second-order valence-corrected chi connectivity index (χ2v) is 5.71. The van der Waals surface area contributed by atoms with Gasteiger partial charge in [-0.15, -0.1) is 0 Å². The van der Waals surface area contributed by atoms with Crippen LogP contribution in [0.1, 0.15) is 18.4 Å². The summed E-state index contributed by atoms with van der Waals surface area (Å²) >= 11 is 7.18. The van der Waals surface area contributed by atoms with Crippen LogP contribution in [0.5, 0.6) is 5.75 Å². The first-order chi connectivity index (χ1) is 8.29. The van der Waals surface area contributed by atoms with E-state index in [9.17, 15) is 0 Å². The van der Waals surface area contributed by atoms with Crippen LogP contribution in [0.3, 0.4) is 0 Å². The van der Waals surface area contributed by atoms with Gasteiger partial charge in [-0.1, -0.05) is 36.1 Å². The topological polar surface area (TPSA) is 12.5 Å². The van der Waals surface area contributed by atoms with E-state index in [1.54, 1.807) is 18.9 Å². The molecule has 0 N–H and O–H groups in total. The van der Waals surface area contributed by atoms with Gasteiger partial charge in [0.1, 0.15) is 10.1 Å². The molecule has 0 bridgehead atoms. The fourth-order valence-corrected chi connectivity index (χ4v) is 3.09. The minimum absolute atomic E-state index is 0.912. The minimum atomic E-state index is 0.912. The Kier molecular flexibility index (Phi) is 4.68. The Bertz CT molecular complexity index is 389. The van der Waals surface area contributed by atoms with Crippen LogP contribution in [-0.2, 0) is 5.75 Å². The summed E-state index contributed by atoms with van der Waals surface area (Å²) in [5, 5.41) is 0. The quantitative estimate of drug-likeness (QED) is 0.779. The van der Waals surface area contributed by atoms with E-state index in [4.69, 9.17) is 17.0 Å². The Labute approximate surface area is 112 Å². The van der Waals surface area contributed by atoms with Gasteiger partial charge in [0.25, 0.3) is 0 Å². The molecule has 1 aliphatic rings. The summed E-state index contributed by atoms with van der Waals surface area (Å²) in [6.07, 6.45) is 2.56. The molecule has 1 aliphatic heterocycles. The van der Waals surface area contributed by atoms with Gasteiger partial charge >= 0.3 is 0 Å². The van der Waals surface area contributed by atoms with Crippen molar-refractivity contribution in [1.82, 2.24) is 4.90 Å². The van der Waals surface area contributed by atoms with Gasteiger partial charge in [0.15, 0.2) is 0 Å². The molecule has 0 aliphatic carbocycles. The van der Waals surface area contributed by atoms with Crippen LogP contribution in [0, 0.1) is 0 Å². The first kappa shape index (κ1) is 12.7. The summed E-state index contributed by atoms with van der Waals surface area (Å²) in [7, 11) is 1.70. The van der Waals surface area contributed by atoms with Crippen molar-refractivity contribution >= 4 is 28.3 Å². The molecule has 2 rings (SSSR count). The molecule has 0 spiro atoms. The number of thioether (sulfide) groups is 1. The molecular formula is C13H17NOS2. The first-order valence-corrected chi connectivity index (χ1v) is 7.23. The van der Waals surface area contributed by atoms with Crippen LogP contribution < -0.4 is 4.74 Å². The molecule has 17 heavy (non-hydrogen) atoms. The van der Waals surface area contributed by atoms with Gasteiger partial charge in [0.05, 0.1) is 7.11 Å². The third kappa shape index (κ3) is 3.61. The fourth-order valence-electron chi connectivity index (χ4n) is 1.90. The molecule has 1 aromatic rings. The highest BCUT2D eigenvalue weighted by Gasteiger charge is 2.14. The summed E-state index contributed by atoms with van der Waals surface area (Å²) in [6.45, 7) is 2.26. The maximum atomic E-state index is 5.43. The maximum Gasteiger partial charge on any atom is 0.136 e. The van der Waals surface area contributed by atoms with E-state index in [2.05, 4.69) is 17.0 Å². The van der Waals surface area contributed by atoms with Crippen LogP contribution >= 0.6 is 24.0 Å². The normalized spacial score (nSPS) is 15.0. The number of benzene rings is 1. The molecule has 0 amide bonds. The van der Waals surface area contributed by atoms with Gasteiger partial charge in [0, 0.05) is 18.8 Å².